The lowest BCUT2D eigenvalue weighted by atomic mass is 9.83. The highest BCUT2D eigenvalue weighted by molar-refractivity contribution is 5.99. The van der Waals surface area contributed by atoms with Gasteiger partial charge in [0.1, 0.15) is 23.9 Å². The lowest BCUT2D eigenvalue weighted by Crippen LogP contribution is -2.62. The molecule has 0 spiro atoms. The number of cyclic esters (lactones) is 1. The van der Waals surface area contributed by atoms with Crippen LogP contribution in [-0.4, -0.2) is 113 Å². The molecule has 0 saturated carbocycles. The number of nitrogens with one attached hydrogen (secondary N) is 2. The number of rotatable bonds is 13. The summed E-state index contributed by atoms with van der Waals surface area (Å²) in [5, 5.41) is 16.8. The van der Waals surface area contributed by atoms with E-state index in [-0.39, 0.29) is 43.4 Å². The van der Waals surface area contributed by atoms with Gasteiger partial charge in [0.2, 0.25) is 5.91 Å². The largest absolute Gasteiger partial charge is 0.508 e. The highest BCUT2D eigenvalue weighted by atomic mass is 16.5. The van der Waals surface area contributed by atoms with Crippen LogP contribution in [0.4, 0.5) is 0 Å². The lowest BCUT2D eigenvalue weighted by Gasteiger charge is -2.36. The number of carbonyl (C=O) groups excluding carboxylic acids is 5. The molecule has 0 radical (unpaired) electrons. The Labute approximate surface area is 412 Å². The summed E-state index contributed by atoms with van der Waals surface area (Å²) in [5.41, 5.74) is 11.7. The Balaban J connectivity index is 1.24. The van der Waals surface area contributed by atoms with Crippen LogP contribution in [0.1, 0.15) is 87.0 Å². The first-order chi connectivity index (χ1) is 33.4. The van der Waals surface area contributed by atoms with Crippen molar-refractivity contribution in [2.45, 2.75) is 105 Å². The minimum atomic E-state index is -1.16. The van der Waals surface area contributed by atoms with Crippen molar-refractivity contribution in [2.24, 2.45) is 11.3 Å². The molecule has 1 aromatic heterocycles. The number of hydrogen-bond donors (Lipinski definition) is 3. The van der Waals surface area contributed by atoms with Crippen molar-refractivity contribution in [3.05, 3.63) is 125 Å². The highest BCUT2D eigenvalue weighted by Gasteiger charge is 2.38. The fourth-order valence-electron chi connectivity index (χ4n) is 10.0. The van der Waals surface area contributed by atoms with Gasteiger partial charge in [-0.05, 0) is 128 Å². The number of benzene rings is 4. The van der Waals surface area contributed by atoms with Gasteiger partial charge < -0.3 is 29.5 Å². The summed E-state index contributed by atoms with van der Waals surface area (Å²) in [6, 6.07) is 24.0. The van der Waals surface area contributed by atoms with E-state index in [1.165, 1.54) is 15.5 Å². The molecule has 0 aliphatic carbocycles. The fourth-order valence-corrected chi connectivity index (χ4v) is 10.0. The van der Waals surface area contributed by atoms with Crippen LogP contribution in [0.25, 0.3) is 33.3 Å². The molecule has 5 aromatic rings. The number of carbonyl (C=O) groups is 5. The summed E-state index contributed by atoms with van der Waals surface area (Å²) in [4.78, 5) is 73.3. The predicted octanol–water partition coefficient (Wildman–Crippen LogP) is 7.94. The zero-order valence-electron chi connectivity index (χ0n) is 42.3. The second kappa shape index (κ2) is 22.0. The average molecular weight is 951 g/mol. The van der Waals surface area contributed by atoms with Crippen molar-refractivity contribution < 1.29 is 33.8 Å². The molecule has 4 aromatic carbocycles. The number of aromatic hydroxyl groups is 1. The molecule has 13 nitrogen and oxygen atoms in total. The van der Waals surface area contributed by atoms with Crippen molar-refractivity contribution in [3.8, 4) is 28.1 Å². The summed E-state index contributed by atoms with van der Waals surface area (Å²) < 4.78 is 8.49. The zero-order chi connectivity index (χ0) is 50.4. The Kier molecular flexibility index (Phi) is 16.1. The van der Waals surface area contributed by atoms with Gasteiger partial charge in [-0.2, -0.15) is 0 Å². The molecule has 3 amide bonds. The van der Waals surface area contributed by atoms with Crippen LogP contribution in [0.15, 0.2) is 97.1 Å². The van der Waals surface area contributed by atoms with Gasteiger partial charge in [0.15, 0.2) is 5.78 Å². The third-order valence-corrected chi connectivity index (χ3v) is 13.5. The molecule has 13 heteroatoms. The number of fused-ring (bicyclic) bond motifs is 6. The number of phenols is 1. The first kappa shape index (κ1) is 51.3. The number of ketones is 1. The van der Waals surface area contributed by atoms with Crippen LogP contribution in [0.3, 0.4) is 0 Å². The first-order valence-corrected chi connectivity index (χ1v) is 24.7. The number of aryl methyl sites for hydroxylation is 2. The number of hydrazine groups is 1. The fraction of sp³-hybridized carbons (Fsp3) is 0.421. The van der Waals surface area contributed by atoms with E-state index in [9.17, 15) is 29.1 Å². The minimum absolute atomic E-state index is 0.00188. The second-order valence-electron chi connectivity index (χ2n) is 20.3. The van der Waals surface area contributed by atoms with Crippen molar-refractivity contribution in [1.82, 2.24) is 30.1 Å². The number of nitrogens with zero attached hydrogens (tertiary/aromatic N) is 4. The lowest BCUT2D eigenvalue weighted by molar-refractivity contribution is -0.155. The van der Waals surface area contributed by atoms with Gasteiger partial charge >= 0.3 is 5.97 Å². The summed E-state index contributed by atoms with van der Waals surface area (Å²) in [7, 11) is 5.42. The van der Waals surface area contributed by atoms with E-state index in [0.29, 0.717) is 36.9 Å². The average Bonchev–Trinajstić information content (AvgIpc) is 3.63. The molecule has 1 saturated heterocycles. The van der Waals surface area contributed by atoms with Gasteiger partial charge in [-0.1, -0.05) is 89.2 Å². The van der Waals surface area contributed by atoms with Gasteiger partial charge in [-0.3, -0.25) is 29.0 Å². The van der Waals surface area contributed by atoms with Gasteiger partial charge in [-0.15, -0.1) is 0 Å². The molecular formula is C57H70N6O7. The molecule has 6 bridgehead atoms. The van der Waals surface area contributed by atoms with Gasteiger partial charge in [0.05, 0.1) is 12.3 Å². The standard InChI is InChI=1S/C57H70N6O7/c1-10-39-16-12-13-18-45(39)52-47-34-57(5,6)35-70-56(69)48-19-15-27-63(59-48)55(68)49(31-38-28-42(32-44(65)30-38)41-24-25-50(46(47)33-41)62(52)11-2)58-53(66)51(36(3)4)61(9)54(67)40-22-20-37(21-23-40)29-43(64)17-14-26-60(7)8/h12-14,16-18,20-25,28,30,32-33,36,48-49,51,59,65H,10-11,15,19,26-27,29,31,34-35H2,1-9H3,(H,58,66)/b17-14+/t48-,49-,51-/m0/s1. The minimum Gasteiger partial charge on any atom is -0.508 e. The Morgan fingerprint density at radius 2 is 1.70 bits per heavy atom. The normalized spacial score (nSPS) is 18.0. The maximum atomic E-state index is 14.8. The van der Waals surface area contributed by atoms with Crippen LogP contribution in [0.5, 0.6) is 5.75 Å². The Hall–Kier alpha value is -6.57. The van der Waals surface area contributed by atoms with Crippen molar-refractivity contribution in [2.75, 3.05) is 40.8 Å². The second-order valence-corrected chi connectivity index (χ2v) is 20.3. The third kappa shape index (κ3) is 11.7. The number of amides is 3. The molecule has 370 valence electrons. The van der Waals surface area contributed by atoms with Gasteiger partial charge in [-0.25, -0.2) is 5.43 Å². The third-order valence-electron chi connectivity index (χ3n) is 13.5. The van der Waals surface area contributed by atoms with Crippen LogP contribution < -0.4 is 10.7 Å². The number of phenolic OH excluding ortho intramolecular Hbond substituents is 1. The van der Waals surface area contributed by atoms with Gasteiger partial charge in [0, 0.05) is 67.0 Å². The SMILES string of the molecule is CCc1ccccc1-c1c2c3cc(ccc3n1CC)-c1cc(O)cc(c1)C[C@H](NC(=O)[C@H](C(C)C)N(C)C(=O)c1ccc(CC(=O)/C=C/CN(C)C)cc1)C(=O)N1CCC[C@H](N1)C(=O)OCC(C)(C)C2. The molecule has 1 fully saturated rings. The van der Waals surface area contributed by atoms with E-state index in [2.05, 4.69) is 85.5 Å². The number of allylic oxidation sites excluding steroid dienone is 1. The van der Waals surface area contributed by atoms with E-state index in [1.807, 2.05) is 45.0 Å². The number of hydrogen-bond acceptors (Lipinski definition) is 9. The first-order valence-electron chi connectivity index (χ1n) is 24.7. The monoisotopic (exact) mass is 951 g/mol. The zero-order valence-corrected chi connectivity index (χ0v) is 42.3. The van der Waals surface area contributed by atoms with Crippen molar-refractivity contribution in [3.63, 3.8) is 0 Å². The summed E-state index contributed by atoms with van der Waals surface area (Å²) >= 11 is 0. The van der Waals surface area contributed by atoms with E-state index in [0.717, 1.165) is 57.4 Å². The Bertz CT molecular complexity index is 2770. The smallest absolute Gasteiger partial charge is 0.324 e. The molecule has 2 aliphatic heterocycles. The molecule has 70 heavy (non-hydrogen) atoms. The molecule has 3 N–H and O–H groups in total. The summed E-state index contributed by atoms with van der Waals surface area (Å²) in [6.07, 6.45) is 6.00. The van der Waals surface area contributed by atoms with Crippen LogP contribution in [0, 0.1) is 11.3 Å². The molecule has 7 rings (SSSR count). The molecule has 3 heterocycles. The topological polar surface area (TPSA) is 154 Å². The van der Waals surface area contributed by atoms with E-state index >= 15 is 0 Å². The number of likely N-dealkylation sites (N-methyl/N-ethyl adjacent to an activating group) is 2. The molecular weight excluding hydrogens is 881 g/mol. The van der Waals surface area contributed by atoms with Crippen LogP contribution >= 0.6 is 0 Å². The van der Waals surface area contributed by atoms with Gasteiger partial charge in [0.25, 0.3) is 11.8 Å². The van der Waals surface area contributed by atoms with E-state index < -0.39 is 47.2 Å². The Morgan fingerprint density at radius 3 is 2.40 bits per heavy atom. The maximum absolute atomic E-state index is 14.8. The van der Waals surface area contributed by atoms with Crippen LogP contribution in [-0.2, 0) is 56.1 Å². The molecule has 2 aliphatic rings. The quantitative estimate of drug-likeness (QED) is 0.0789. The molecule has 3 atom stereocenters. The number of aromatic nitrogens is 1. The van der Waals surface area contributed by atoms with E-state index in [1.54, 1.807) is 49.5 Å². The summed E-state index contributed by atoms with van der Waals surface area (Å²) in [5.74, 6) is -2.28. The Morgan fingerprint density at radius 1 is 0.957 bits per heavy atom. The molecule has 0 unspecified atom stereocenters. The number of ether oxygens (including phenoxy) is 1. The van der Waals surface area contributed by atoms with Crippen LogP contribution in [0.2, 0.25) is 0 Å². The highest BCUT2D eigenvalue weighted by Crippen LogP contribution is 2.41. The predicted molar refractivity (Wildman–Crippen MR) is 275 cm³/mol. The number of esters is 1. The summed E-state index contributed by atoms with van der Waals surface area (Å²) in [6.45, 7) is 14.0. The van der Waals surface area contributed by atoms with E-state index in [4.69, 9.17) is 4.74 Å². The van der Waals surface area contributed by atoms with Crippen molar-refractivity contribution in [1.29, 1.82) is 0 Å². The van der Waals surface area contributed by atoms with Crippen molar-refractivity contribution >= 4 is 40.4 Å². The maximum Gasteiger partial charge on any atom is 0.324 e.